The third kappa shape index (κ3) is 4.80. The number of aliphatic hydroxyl groups excluding tert-OH is 1. The SMILES string of the molecule is CCOc1ccc(C(=NC(=N)c2ccc(CO)nc2)OC)cc1OCC. The van der Waals surface area contributed by atoms with Crippen molar-refractivity contribution in [3.05, 3.63) is 53.3 Å². The first kappa shape index (κ1) is 19.4. The standard InChI is InChI=1S/C19H23N3O4/c1-4-25-16-9-7-13(10-17(16)26-5-2)19(24-3)22-18(20)14-6-8-15(12-23)21-11-14/h6-11,20,23H,4-5,12H2,1-3H3. The average Bonchev–Trinajstić information content (AvgIpc) is 2.67. The molecule has 0 amide bonds. The van der Waals surface area contributed by atoms with Crippen molar-refractivity contribution < 1.29 is 19.3 Å². The summed E-state index contributed by atoms with van der Waals surface area (Å²) in [6.45, 7) is 4.69. The molecule has 2 N–H and O–H groups in total. The lowest BCUT2D eigenvalue weighted by atomic mass is 10.2. The summed E-state index contributed by atoms with van der Waals surface area (Å²) in [6.07, 6.45) is 1.49. The van der Waals surface area contributed by atoms with Crippen molar-refractivity contribution in [2.75, 3.05) is 20.3 Å². The molecule has 0 radical (unpaired) electrons. The molecule has 0 bridgehead atoms. The van der Waals surface area contributed by atoms with Crippen molar-refractivity contribution in [2.24, 2.45) is 4.99 Å². The summed E-state index contributed by atoms with van der Waals surface area (Å²) in [5.74, 6) is 1.53. The van der Waals surface area contributed by atoms with E-state index < -0.39 is 0 Å². The molecule has 0 saturated carbocycles. The van der Waals surface area contributed by atoms with E-state index in [1.54, 1.807) is 30.3 Å². The Morgan fingerprint density at radius 1 is 1.08 bits per heavy atom. The quantitative estimate of drug-likeness (QED) is 0.587. The predicted octanol–water partition coefficient (Wildman–Crippen LogP) is 2.79. The van der Waals surface area contributed by atoms with Gasteiger partial charge in [-0.05, 0) is 44.2 Å². The highest BCUT2D eigenvalue weighted by Gasteiger charge is 2.12. The van der Waals surface area contributed by atoms with Gasteiger partial charge in [-0.15, -0.1) is 0 Å². The van der Waals surface area contributed by atoms with Gasteiger partial charge in [-0.3, -0.25) is 10.4 Å². The van der Waals surface area contributed by atoms with E-state index in [9.17, 15) is 0 Å². The van der Waals surface area contributed by atoms with Crippen LogP contribution >= 0.6 is 0 Å². The van der Waals surface area contributed by atoms with E-state index in [0.717, 1.165) is 0 Å². The molecule has 0 aliphatic carbocycles. The summed E-state index contributed by atoms with van der Waals surface area (Å²) in [5, 5.41) is 17.2. The molecular weight excluding hydrogens is 334 g/mol. The summed E-state index contributed by atoms with van der Waals surface area (Å²) in [6, 6.07) is 8.70. The zero-order valence-corrected chi connectivity index (χ0v) is 15.2. The number of nitrogens with one attached hydrogen (secondary N) is 1. The second-order valence-electron chi connectivity index (χ2n) is 5.19. The fraction of sp³-hybridized carbons (Fsp3) is 0.316. The van der Waals surface area contributed by atoms with Gasteiger partial charge < -0.3 is 19.3 Å². The Morgan fingerprint density at radius 3 is 2.35 bits per heavy atom. The number of hydrogen-bond donors (Lipinski definition) is 2. The van der Waals surface area contributed by atoms with E-state index >= 15 is 0 Å². The smallest absolute Gasteiger partial charge is 0.222 e. The van der Waals surface area contributed by atoms with Crippen LogP contribution in [0.5, 0.6) is 11.5 Å². The number of methoxy groups -OCH3 is 1. The topological polar surface area (TPSA) is 97.0 Å². The molecule has 2 rings (SSSR count). The van der Waals surface area contributed by atoms with E-state index in [-0.39, 0.29) is 18.3 Å². The molecule has 138 valence electrons. The van der Waals surface area contributed by atoms with Crippen LogP contribution < -0.4 is 9.47 Å². The molecule has 0 aliphatic heterocycles. The molecule has 0 aliphatic rings. The predicted molar refractivity (Wildman–Crippen MR) is 99.3 cm³/mol. The molecule has 0 fully saturated rings. The van der Waals surface area contributed by atoms with Crippen molar-refractivity contribution in [2.45, 2.75) is 20.5 Å². The maximum atomic E-state index is 9.04. The van der Waals surface area contributed by atoms with Gasteiger partial charge in [-0.1, -0.05) is 0 Å². The van der Waals surface area contributed by atoms with Crippen molar-refractivity contribution in [1.82, 2.24) is 4.98 Å². The number of rotatable bonds is 7. The Kier molecular flexibility index (Phi) is 7.11. The van der Waals surface area contributed by atoms with Crippen LogP contribution in [0.4, 0.5) is 0 Å². The zero-order chi connectivity index (χ0) is 18.9. The minimum Gasteiger partial charge on any atom is -0.490 e. The second-order valence-corrected chi connectivity index (χ2v) is 5.19. The van der Waals surface area contributed by atoms with Gasteiger partial charge in [0.2, 0.25) is 5.90 Å². The number of amidine groups is 1. The molecule has 1 aromatic carbocycles. The van der Waals surface area contributed by atoms with Gasteiger partial charge in [-0.25, -0.2) is 0 Å². The van der Waals surface area contributed by atoms with Crippen LogP contribution in [0, 0.1) is 5.41 Å². The lowest BCUT2D eigenvalue weighted by Crippen LogP contribution is -2.09. The van der Waals surface area contributed by atoms with Crippen LogP contribution in [0.1, 0.15) is 30.7 Å². The van der Waals surface area contributed by atoms with Gasteiger partial charge in [0.1, 0.15) is 0 Å². The highest BCUT2D eigenvalue weighted by molar-refractivity contribution is 6.08. The van der Waals surface area contributed by atoms with Crippen molar-refractivity contribution >= 4 is 11.7 Å². The summed E-state index contributed by atoms with van der Waals surface area (Å²) in [7, 11) is 1.50. The van der Waals surface area contributed by atoms with Crippen molar-refractivity contribution in [3.63, 3.8) is 0 Å². The summed E-state index contributed by atoms with van der Waals surface area (Å²) >= 11 is 0. The lowest BCUT2D eigenvalue weighted by molar-refractivity contribution is 0.277. The number of benzene rings is 1. The number of aliphatic imine (C=N–C) groups is 1. The highest BCUT2D eigenvalue weighted by atomic mass is 16.5. The van der Waals surface area contributed by atoms with Crippen LogP contribution in [0.25, 0.3) is 0 Å². The molecular formula is C19H23N3O4. The Hall–Kier alpha value is -2.93. The third-order valence-corrected chi connectivity index (χ3v) is 3.46. The molecule has 7 nitrogen and oxygen atoms in total. The monoisotopic (exact) mass is 357 g/mol. The van der Waals surface area contributed by atoms with Crippen LogP contribution in [-0.2, 0) is 11.3 Å². The van der Waals surface area contributed by atoms with E-state index in [0.29, 0.717) is 41.5 Å². The van der Waals surface area contributed by atoms with Gasteiger partial charge in [0.15, 0.2) is 17.3 Å². The van der Waals surface area contributed by atoms with E-state index in [2.05, 4.69) is 9.98 Å². The number of ether oxygens (including phenoxy) is 3. The first-order valence-corrected chi connectivity index (χ1v) is 8.30. The third-order valence-electron chi connectivity index (χ3n) is 3.46. The van der Waals surface area contributed by atoms with Gasteiger partial charge in [-0.2, -0.15) is 4.99 Å². The number of nitrogens with zero attached hydrogens (tertiary/aromatic N) is 2. The maximum Gasteiger partial charge on any atom is 0.222 e. The van der Waals surface area contributed by atoms with Crippen LogP contribution in [0.2, 0.25) is 0 Å². The van der Waals surface area contributed by atoms with Crippen molar-refractivity contribution in [1.29, 1.82) is 5.41 Å². The first-order chi connectivity index (χ1) is 12.6. The molecule has 26 heavy (non-hydrogen) atoms. The summed E-state index contributed by atoms with van der Waals surface area (Å²) in [5.41, 5.74) is 1.72. The van der Waals surface area contributed by atoms with E-state index in [1.807, 2.05) is 13.8 Å². The summed E-state index contributed by atoms with van der Waals surface area (Å²) in [4.78, 5) is 8.30. The Bertz CT molecular complexity index is 773. The average molecular weight is 357 g/mol. The second kappa shape index (κ2) is 9.53. The number of hydrogen-bond acceptors (Lipinski definition) is 6. The molecule has 1 heterocycles. The Morgan fingerprint density at radius 2 is 1.77 bits per heavy atom. The Balaban J connectivity index is 2.31. The largest absolute Gasteiger partial charge is 0.490 e. The molecule has 0 spiro atoms. The molecule has 0 saturated heterocycles. The zero-order valence-electron chi connectivity index (χ0n) is 15.2. The first-order valence-electron chi connectivity index (χ1n) is 8.30. The minimum absolute atomic E-state index is 0.00526. The molecule has 0 unspecified atom stereocenters. The van der Waals surface area contributed by atoms with Gasteiger partial charge in [0, 0.05) is 17.3 Å². The van der Waals surface area contributed by atoms with Gasteiger partial charge in [0.05, 0.1) is 32.6 Å². The van der Waals surface area contributed by atoms with Crippen LogP contribution in [0.3, 0.4) is 0 Å². The van der Waals surface area contributed by atoms with E-state index in [1.165, 1.54) is 13.3 Å². The maximum absolute atomic E-state index is 9.04. The minimum atomic E-state index is -0.146. The molecule has 1 aromatic heterocycles. The molecule has 7 heteroatoms. The number of aromatic nitrogens is 1. The van der Waals surface area contributed by atoms with Gasteiger partial charge >= 0.3 is 0 Å². The molecule has 2 aromatic rings. The summed E-state index contributed by atoms with van der Waals surface area (Å²) < 4.78 is 16.5. The van der Waals surface area contributed by atoms with Crippen LogP contribution in [0.15, 0.2) is 41.5 Å². The number of aliphatic hydroxyl groups is 1. The highest BCUT2D eigenvalue weighted by Crippen LogP contribution is 2.29. The number of pyridine rings is 1. The van der Waals surface area contributed by atoms with Crippen LogP contribution in [-0.4, -0.2) is 42.1 Å². The van der Waals surface area contributed by atoms with Crippen molar-refractivity contribution in [3.8, 4) is 11.5 Å². The normalized spacial score (nSPS) is 11.2. The van der Waals surface area contributed by atoms with E-state index in [4.69, 9.17) is 24.7 Å². The Labute approximate surface area is 152 Å². The van der Waals surface area contributed by atoms with Gasteiger partial charge in [0.25, 0.3) is 0 Å². The fourth-order valence-corrected chi connectivity index (χ4v) is 2.24. The molecule has 0 atom stereocenters. The lowest BCUT2D eigenvalue weighted by Gasteiger charge is -2.13. The fourth-order valence-electron chi connectivity index (χ4n) is 2.24.